The Morgan fingerprint density at radius 3 is 2.41 bits per heavy atom. The molecule has 0 amide bonds. The minimum Gasteiger partial charge on any atom is -0.422 e. The molecule has 134 valence electrons. The van der Waals surface area contributed by atoms with E-state index in [1.807, 2.05) is 38.1 Å². The number of aromatic nitrogens is 2. The Bertz CT molecular complexity index is 1090. The fourth-order valence-electron chi connectivity index (χ4n) is 3.36. The Morgan fingerprint density at radius 2 is 1.78 bits per heavy atom. The van der Waals surface area contributed by atoms with Crippen molar-refractivity contribution in [2.45, 2.75) is 19.8 Å². The van der Waals surface area contributed by atoms with E-state index in [2.05, 4.69) is 11.2 Å². The number of ether oxygens (including phenoxy) is 1. The van der Waals surface area contributed by atoms with E-state index in [9.17, 15) is 9.65 Å². The number of nitriles is 1. The molecule has 0 aliphatic carbocycles. The first kappa shape index (κ1) is 16.9. The molecular formula is C21H17FN4O. The standard InChI is InChI=1S/C21H17FN4O/c1-12-3-9-16(10-4-12)26-21-18(13(2)25-26)19(17(11-23)20(24)27-21)14-5-7-15(22)8-6-14/h3-10,19H,24H2,1-2H3/t19-/m0/s1. The number of rotatable bonds is 2. The monoisotopic (exact) mass is 360 g/mol. The van der Waals surface area contributed by atoms with Gasteiger partial charge in [0.2, 0.25) is 11.8 Å². The van der Waals surface area contributed by atoms with Crippen LogP contribution in [0, 0.1) is 31.0 Å². The van der Waals surface area contributed by atoms with Crippen molar-refractivity contribution >= 4 is 0 Å². The normalized spacial score (nSPS) is 15.9. The van der Waals surface area contributed by atoms with Crippen LogP contribution >= 0.6 is 0 Å². The quantitative estimate of drug-likeness (QED) is 0.753. The Balaban J connectivity index is 1.93. The average Bonchev–Trinajstić information content (AvgIpc) is 2.98. The molecule has 0 unspecified atom stereocenters. The largest absolute Gasteiger partial charge is 0.422 e. The number of halogens is 1. The zero-order valence-electron chi connectivity index (χ0n) is 14.9. The van der Waals surface area contributed by atoms with Crippen molar-refractivity contribution in [3.8, 4) is 17.6 Å². The molecule has 0 fully saturated rings. The van der Waals surface area contributed by atoms with Crippen LogP contribution in [-0.4, -0.2) is 9.78 Å². The molecule has 0 saturated carbocycles. The molecule has 5 nitrogen and oxygen atoms in total. The van der Waals surface area contributed by atoms with Crippen molar-refractivity contribution in [1.29, 1.82) is 5.26 Å². The zero-order valence-corrected chi connectivity index (χ0v) is 14.9. The van der Waals surface area contributed by atoms with Gasteiger partial charge in [-0.05, 0) is 43.7 Å². The third kappa shape index (κ3) is 2.74. The van der Waals surface area contributed by atoms with Crippen LogP contribution in [0.3, 0.4) is 0 Å². The smallest absolute Gasteiger partial charge is 0.229 e. The molecule has 1 aliphatic rings. The lowest BCUT2D eigenvalue weighted by Gasteiger charge is -2.24. The van der Waals surface area contributed by atoms with Gasteiger partial charge in [-0.1, -0.05) is 29.8 Å². The SMILES string of the molecule is Cc1ccc(-n2nc(C)c3c2OC(N)=C(C#N)[C@@H]3c2ccc(F)cc2)cc1. The van der Waals surface area contributed by atoms with Crippen molar-refractivity contribution in [2.24, 2.45) is 5.73 Å². The van der Waals surface area contributed by atoms with Crippen LogP contribution in [0.4, 0.5) is 4.39 Å². The second-order valence-electron chi connectivity index (χ2n) is 6.53. The highest BCUT2D eigenvalue weighted by Crippen LogP contribution is 2.44. The average molecular weight is 360 g/mol. The van der Waals surface area contributed by atoms with Gasteiger partial charge in [0.05, 0.1) is 22.9 Å². The summed E-state index contributed by atoms with van der Waals surface area (Å²) in [7, 11) is 0. The maximum absolute atomic E-state index is 13.4. The van der Waals surface area contributed by atoms with E-state index in [-0.39, 0.29) is 11.7 Å². The first-order valence-electron chi connectivity index (χ1n) is 8.49. The van der Waals surface area contributed by atoms with Crippen LogP contribution in [0.2, 0.25) is 0 Å². The van der Waals surface area contributed by atoms with Gasteiger partial charge in [0.1, 0.15) is 17.5 Å². The Hall–Kier alpha value is -3.59. The summed E-state index contributed by atoms with van der Waals surface area (Å²) in [5.74, 6) is -0.290. The minimum absolute atomic E-state index is 0.0348. The van der Waals surface area contributed by atoms with Crippen molar-refractivity contribution in [2.75, 3.05) is 0 Å². The van der Waals surface area contributed by atoms with Gasteiger partial charge < -0.3 is 10.5 Å². The highest BCUT2D eigenvalue weighted by molar-refractivity contribution is 5.57. The Kier molecular flexibility index (Phi) is 3.93. The summed E-state index contributed by atoms with van der Waals surface area (Å²) in [6.45, 7) is 3.87. The lowest BCUT2D eigenvalue weighted by Crippen LogP contribution is -2.22. The molecule has 1 aliphatic heterocycles. The fraction of sp³-hybridized carbons (Fsp3) is 0.143. The molecule has 6 heteroatoms. The van der Waals surface area contributed by atoms with E-state index in [0.717, 1.165) is 28.1 Å². The lowest BCUT2D eigenvalue weighted by molar-refractivity contribution is 0.367. The predicted octanol–water partition coefficient (Wildman–Crippen LogP) is 3.85. The molecule has 0 bridgehead atoms. The molecule has 2 heterocycles. The number of aryl methyl sites for hydroxylation is 2. The molecular weight excluding hydrogens is 343 g/mol. The number of allylic oxidation sites excluding steroid dienone is 1. The summed E-state index contributed by atoms with van der Waals surface area (Å²) in [5.41, 5.74) is 10.6. The molecule has 27 heavy (non-hydrogen) atoms. The molecule has 2 N–H and O–H groups in total. The van der Waals surface area contributed by atoms with Crippen molar-refractivity contribution in [3.05, 3.63) is 88.2 Å². The maximum atomic E-state index is 13.4. The second kappa shape index (κ2) is 6.29. The fourth-order valence-corrected chi connectivity index (χ4v) is 3.36. The number of nitrogens with zero attached hydrogens (tertiary/aromatic N) is 3. The van der Waals surface area contributed by atoms with Gasteiger partial charge in [0, 0.05) is 0 Å². The molecule has 4 rings (SSSR count). The highest BCUT2D eigenvalue weighted by atomic mass is 19.1. The topological polar surface area (TPSA) is 76.9 Å². The van der Waals surface area contributed by atoms with Crippen molar-refractivity contribution in [3.63, 3.8) is 0 Å². The van der Waals surface area contributed by atoms with Crippen molar-refractivity contribution < 1.29 is 9.13 Å². The zero-order chi connectivity index (χ0) is 19.1. The van der Waals surface area contributed by atoms with Gasteiger partial charge in [0.25, 0.3) is 0 Å². The van der Waals surface area contributed by atoms with E-state index in [1.54, 1.807) is 16.8 Å². The summed E-state index contributed by atoms with van der Waals surface area (Å²) in [6.07, 6.45) is 0. The van der Waals surface area contributed by atoms with Crippen LogP contribution < -0.4 is 10.5 Å². The van der Waals surface area contributed by atoms with Crippen LogP contribution in [0.5, 0.6) is 5.88 Å². The Labute approximate surface area is 156 Å². The number of fused-ring (bicyclic) bond motifs is 1. The molecule has 1 aromatic heterocycles. The van der Waals surface area contributed by atoms with E-state index in [0.29, 0.717) is 11.5 Å². The van der Waals surface area contributed by atoms with E-state index < -0.39 is 5.92 Å². The lowest BCUT2D eigenvalue weighted by atomic mass is 9.84. The summed E-state index contributed by atoms with van der Waals surface area (Å²) in [6, 6.07) is 16.0. The highest BCUT2D eigenvalue weighted by Gasteiger charge is 2.36. The summed E-state index contributed by atoms with van der Waals surface area (Å²) >= 11 is 0. The van der Waals surface area contributed by atoms with Gasteiger partial charge in [0.15, 0.2) is 0 Å². The second-order valence-corrected chi connectivity index (χ2v) is 6.53. The van der Waals surface area contributed by atoms with E-state index >= 15 is 0 Å². The third-order valence-electron chi connectivity index (χ3n) is 4.71. The van der Waals surface area contributed by atoms with E-state index in [1.165, 1.54) is 12.1 Å². The van der Waals surface area contributed by atoms with E-state index in [4.69, 9.17) is 10.5 Å². The number of benzene rings is 2. The molecule has 1 atom stereocenters. The predicted molar refractivity (Wildman–Crippen MR) is 98.7 cm³/mol. The first-order chi connectivity index (χ1) is 13.0. The summed E-state index contributed by atoms with van der Waals surface area (Å²) < 4.78 is 20.9. The van der Waals surface area contributed by atoms with Gasteiger partial charge in [-0.25, -0.2) is 9.07 Å². The van der Waals surface area contributed by atoms with Gasteiger partial charge in [-0.3, -0.25) is 0 Å². The van der Waals surface area contributed by atoms with Crippen LogP contribution in [0.25, 0.3) is 5.69 Å². The Morgan fingerprint density at radius 1 is 1.11 bits per heavy atom. The molecule has 0 radical (unpaired) electrons. The first-order valence-corrected chi connectivity index (χ1v) is 8.49. The molecule has 2 aromatic carbocycles. The maximum Gasteiger partial charge on any atom is 0.229 e. The van der Waals surface area contributed by atoms with Gasteiger partial charge in [-0.15, -0.1) is 0 Å². The van der Waals surface area contributed by atoms with Crippen LogP contribution in [0.1, 0.15) is 28.3 Å². The van der Waals surface area contributed by atoms with Gasteiger partial charge >= 0.3 is 0 Å². The summed E-state index contributed by atoms with van der Waals surface area (Å²) in [4.78, 5) is 0. The molecule has 0 spiro atoms. The van der Waals surface area contributed by atoms with Crippen LogP contribution in [-0.2, 0) is 0 Å². The number of nitrogens with two attached hydrogens (primary N) is 1. The molecule has 3 aromatic rings. The van der Waals surface area contributed by atoms with Gasteiger partial charge in [-0.2, -0.15) is 10.4 Å². The summed E-state index contributed by atoms with van der Waals surface area (Å²) in [5, 5.41) is 14.3. The van der Waals surface area contributed by atoms with Crippen LogP contribution in [0.15, 0.2) is 60.0 Å². The third-order valence-corrected chi connectivity index (χ3v) is 4.71. The van der Waals surface area contributed by atoms with Crippen molar-refractivity contribution in [1.82, 2.24) is 9.78 Å². The minimum atomic E-state index is -0.460. The number of hydrogen-bond acceptors (Lipinski definition) is 4. The molecule has 0 saturated heterocycles. The number of hydrogen-bond donors (Lipinski definition) is 1.